The monoisotopic (exact) mass is 915 g/mol. The van der Waals surface area contributed by atoms with Crippen LogP contribution in [0.15, 0.2) is 72.3 Å². The van der Waals surface area contributed by atoms with Crippen LogP contribution >= 0.6 is 15.2 Å². The van der Waals surface area contributed by atoms with Gasteiger partial charge in [0.15, 0.2) is 0 Å². The molecule has 1 amide bonds. The van der Waals surface area contributed by atoms with E-state index in [0.717, 1.165) is 44.3 Å². The van der Waals surface area contributed by atoms with E-state index in [0.29, 0.717) is 18.8 Å². The number of nitrogens with two attached hydrogens (primary N) is 1. The molecule has 2 aromatic carbocycles. The highest BCUT2D eigenvalue weighted by Crippen LogP contribution is 2.52. The predicted molar refractivity (Wildman–Crippen MR) is 260 cm³/mol. The standard InChI is InChI=1S/C30H50NO5P.C21H34NO3P/c1-7-10-11-12-13-14-15-25-16-18-26(19-17-25)27-20-21-30(24-27,31-28(32)36-29(4,5)6)22-23-37(33,34-8-2)35-9-3;1-2-3-4-5-6-7-8-18-9-11-19(12-10-18)20-13-14-21(22,17-20)15-16-26(23,24)25/h16-19,22-23,27H,7-15,20-21,24H2,1-6H3,(H,31,32);9-12,15-16,20H,2-8,13-14,17,22H2,1H3,(H2,23,24,25)/b23-22+;16-15+/t27?,30-;20-,21-/m00/s1. The first kappa shape index (κ1) is 54.8. The van der Waals surface area contributed by atoms with Crippen LogP contribution in [0.1, 0.15) is 198 Å². The van der Waals surface area contributed by atoms with Crippen molar-refractivity contribution in [1.29, 1.82) is 0 Å². The van der Waals surface area contributed by atoms with Crippen LogP contribution < -0.4 is 11.1 Å². The molecule has 4 atom stereocenters. The van der Waals surface area contributed by atoms with E-state index in [9.17, 15) is 13.9 Å². The summed E-state index contributed by atoms with van der Waals surface area (Å²) in [6.07, 6.45) is 25.6. The first-order chi connectivity index (χ1) is 29.8. The number of carbonyl (C=O) groups excluding carboxylic acids is 1. The number of benzene rings is 2. The van der Waals surface area contributed by atoms with Crippen molar-refractivity contribution in [2.45, 2.75) is 205 Å². The first-order valence-electron chi connectivity index (χ1n) is 24.2. The number of ether oxygens (including phenoxy) is 1. The molecule has 2 aromatic rings. The number of carbonyl (C=O) groups is 1. The van der Waals surface area contributed by atoms with Crippen molar-refractivity contribution in [3.05, 3.63) is 94.6 Å². The van der Waals surface area contributed by atoms with E-state index in [1.807, 2.05) is 26.8 Å². The Morgan fingerprint density at radius 2 is 1.16 bits per heavy atom. The summed E-state index contributed by atoms with van der Waals surface area (Å²) in [5.41, 5.74) is 9.73. The van der Waals surface area contributed by atoms with Crippen molar-refractivity contribution < 1.29 is 37.5 Å². The Labute approximate surface area is 381 Å². The molecule has 10 nitrogen and oxygen atoms in total. The topological polar surface area (TPSA) is 157 Å². The number of aryl methyl sites for hydroxylation is 2. The van der Waals surface area contributed by atoms with Crippen LogP contribution in [-0.4, -0.2) is 45.8 Å². The van der Waals surface area contributed by atoms with Gasteiger partial charge in [-0.1, -0.05) is 139 Å². The van der Waals surface area contributed by atoms with Crippen LogP contribution in [-0.2, 0) is 35.8 Å². The lowest BCUT2D eigenvalue weighted by Gasteiger charge is -2.30. The molecule has 5 N–H and O–H groups in total. The minimum Gasteiger partial charge on any atom is -0.444 e. The molecule has 2 saturated carbocycles. The Morgan fingerprint density at radius 3 is 1.62 bits per heavy atom. The van der Waals surface area contributed by atoms with Crippen molar-refractivity contribution >= 4 is 21.3 Å². The smallest absolute Gasteiger partial charge is 0.408 e. The fourth-order valence-electron chi connectivity index (χ4n) is 8.81. The minimum absolute atomic E-state index is 0.279. The normalized spacial score (nSPS) is 21.8. The van der Waals surface area contributed by atoms with Gasteiger partial charge in [-0.05, 0) is 133 Å². The number of alkyl carbamates (subject to hydrolysis) is 1. The lowest BCUT2D eigenvalue weighted by molar-refractivity contribution is 0.0478. The lowest BCUT2D eigenvalue weighted by atomic mass is 9.91. The molecule has 1 unspecified atom stereocenters. The van der Waals surface area contributed by atoms with E-state index in [1.165, 1.54) is 111 Å². The Bertz CT molecular complexity index is 1760. The lowest BCUT2D eigenvalue weighted by Crippen LogP contribution is -2.47. The molecule has 0 aromatic heterocycles. The minimum atomic E-state index is -4.14. The molecule has 4 rings (SSSR count). The van der Waals surface area contributed by atoms with Gasteiger partial charge in [-0.3, -0.25) is 9.13 Å². The zero-order valence-corrected chi connectivity index (χ0v) is 41.7. The van der Waals surface area contributed by atoms with E-state index in [-0.39, 0.29) is 19.1 Å². The van der Waals surface area contributed by atoms with E-state index >= 15 is 0 Å². The molecule has 0 aliphatic heterocycles. The molecule has 63 heavy (non-hydrogen) atoms. The van der Waals surface area contributed by atoms with Gasteiger partial charge in [0.25, 0.3) is 0 Å². The summed E-state index contributed by atoms with van der Waals surface area (Å²) in [7, 11) is -7.53. The Kier molecular flexibility index (Phi) is 23.6. The van der Waals surface area contributed by atoms with Crippen molar-refractivity contribution in [1.82, 2.24) is 5.32 Å². The molecule has 2 aliphatic carbocycles. The molecule has 2 fully saturated rings. The molecule has 12 heteroatoms. The Balaban J connectivity index is 0.000000356. The molecule has 356 valence electrons. The molecular weight excluding hydrogens is 831 g/mol. The quantitative estimate of drug-likeness (QED) is 0.0562. The van der Waals surface area contributed by atoms with Gasteiger partial charge >= 0.3 is 21.3 Å². The number of nitrogens with one attached hydrogen (secondary N) is 1. The molecule has 0 saturated heterocycles. The third-order valence-electron chi connectivity index (χ3n) is 12.2. The van der Waals surface area contributed by atoms with Gasteiger partial charge in [-0.2, -0.15) is 0 Å². The van der Waals surface area contributed by atoms with Gasteiger partial charge in [0.1, 0.15) is 5.60 Å². The van der Waals surface area contributed by atoms with E-state index in [1.54, 1.807) is 13.8 Å². The summed E-state index contributed by atoms with van der Waals surface area (Å²) in [6.45, 7) is 14.2. The summed E-state index contributed by atoms with van der Waals surface area (Å²) in [4.78, 5) is 30.8. The molecule has 0 heterocycles. The average Bonchev–Trinajstić information content (AvgIpc) is 3.83. The second-order valence-electron chi connectivity index (χ2n) is 19.0. The number of unbranched alkanes of at least 4 members (excludes halogenated alkanes) is 10. The van der Waals surface area contributed by atoms with E-state index in [2.05, 4.69) is 67.7 Å². The summed E-state index contributed by atoms with van der Waals surface area (Å²) >= 11 is 0. The largest absolute Gasteiger partial charge is 0.444 e. The molecule has 0 spiro atoms. The van der Waals surface area contributed by atoms with Crippen LogP contribution in [0, 0.1) is 0 Å². The van der Waals surface area contributed by atoms with E-state index in [4.69, 9.17) is 29.3 Å². The van der Waals surface area contributed by atoms with Crippen LogP contribution in [0.3, 0.4) is 0 Å². The average molecular weight is 915 g/mol. The van der Waals surface area contributed by atoms with Gasteiger partial charge in [0.2, 0.25) is 0 Å². The maximum atomic E-state index is 13.1. The predicted octanol–water partition coefficient (Wildman–Crippen LogP) is 14.1. The highest BCUT2D eigenvalue weighted by Gasteiger charge is 2.41. The van der Waals surface area contributed by atoms with Gasteiger partial charge in [0.05, 0.1) is 18.8 Å². The maximum Gasteiger partial charge on any atom is 0.408 e. The molecule has 0 bridgehead atoms. The Morgan fingerprint density at radius 1 is 0.698 bits per heavy atom. The van der Waals surface area contributed by atoms with Crippen molar-refractivity contribution in [2.75, 3.05) is 13.2 Å². The molecule has 2 aliphatic rings. The van der Waals surface area contributed by atoms with Crippen LogP contribution in [0.2, 0.25) is 0 Å². The zero-order valence-electron chi connectivity index (χ0n) is 40.0. The SMILES string of the molecule is CCCCCCCCc1ccc(C2CC[C@@](/C=C/P(=O)(OCC)OCC)(NC(=O)OC(C)(C)C)C2)cc1.CCCCCCCCc1ccc([C@H]2CC[C@](N)(/C=C/P(=O)(O)O)C2)cc1. The first-order valence-corrected chi connectivity index (χ1v) is 27.5. The molecular formula is C51H84N2O8P2. The highest BCUT2D eigenvalue weighted by molar-refractivity contribution is 7.57. The third-order valence-corrected chi connectivity index (χ3v) is 14.5. The second-order valence-corrected chi connectivity index (χ2v) is 22.4. The fraction of sp³-hybridized carbons (Fsp3) is 0.667. The van der Waals surface area contributed by atoms with Crippen molar-refractivity contribution in [3.63, 3.8) is 0 Å². The number of rotatable bonds is 25. The Hall–Kier alpha value is -2.55. The number of hydrogen-bond acceptors (Lipinski definition) is 7. The van der Waals surface area contributed by atoms with Gasteiger partial charge < -0.3 is 34.6 Å². The van der Waals surface area contributed by atoms with E-state index < -0.39 is 38.0 Å². The number of hydrogen-bond donors (Lipinski definition) is 4. The summed E-state index contributed by atoms with van der Waals surface area (Å²) < 4.78 is 40.6. The number of amides is 1. The summed E-state index contributed by atoms with van der Waals surface area (Å²) in [5, 5.41) is 3.09. The molecule has 0 radical (unpaired) electrons. The third kappa shape index (κ3) is 21.5. The van der Waals surface area contributed by atoms with Gasteiger partial charge in [-0.15, -0.1) is 0 Å². The fourth-order valence-corrected chi connectivity index (χ4v) is 10.7. The van der Waals surface area contributed by atoms with Crippen LogP contribution in [0.25, 0.3) is 0 Å². The van der Waals surface area contributed by atoms with Crippen LogP contribution in [0.5, 0.6) is 0 Å². The van der Waals surface area contributed by atoms with Crippen molar-refractivity contribution in [2.24, 2.45) is 5.73 Å². The second kappa shape index (κ2) is 27.2. The van der Waals surface area contributed by atoms with Crippen molar-refractivity contribution in [3.8, 4) is 0 Å². The summed E-state index contributed by atoms with van der Waals surface area (Å²) in [5.74, 6) is 3.12. The van der Waals surface area contributed by atoms with Gasteiger partial charge in [-0.25, -0.2) is 4.79 Å². The van der Waals surface area contributed by atoms with Gasteiger partial charge in [0, 0.05) is 17.2 Å². The summed E-state index contributed by atoms with van der Waals surface area (Å²) in [6, 6.07) is 17.8. The van der Waals surface area contributed by atoms with Crippen LogP contribution in [0.4, 0.5) is 4.79 Å². The zero-order chi connectivity index (χ0) is 46.4. The maximum absolute atomic E-state index is 13.1. The highest BCUT2D eigenvalue weighted by atomic mass is 31.2.